The number of phosphoric ester groups is 1. The molecule has 55 heavy (non-hydrogen) atoms. The fourth-order valence-electron chi connectivity index (χ4n) is 5.45. The average molecular weight is 792 g/mol. The van der Waals surface area contributed by atoms with Crippen LogP contribution in [0.1, 0.15) is 155 Å². The first-order valence-electron chi connectivity index (χ1n) is 21.7. The summed E-state index contributed by atoms with van der Waals surface area (Å²) in [7, 11) is 1.30. The molecule has 0 radical (unpaired) electrons. The number of hydrogen-bond donors (Lipinski definition) is 0. The van der Waals surface area contributed by atoms with Gasteiger partial charge in [-0.15, -0.1) is 0 Å². The number of allylic oxidation sites excluding steroid dienone is 12. The Bertz CT molecular complexity index is 1110. The minimum atomic E-state index is -4.55. The van der Waals surface area contributed by atoms with Crippen molar-refractivity contribution in [2.45, 2.75) is 161 Å². The largest absolute Gasteiger partial charge is 0.756 e. The van der Waals surface area contributed by atoms with E-state index in [0.29, 0.717) is 24.1 Å². The van der Waals surface area contributed by atoms with Crippen LogP contribution >= 0.6 is 7.82 Å². The zero-order valence-electron chi connectivity index (χ0n) is 35.8. The van der Waals surface area contributed by atoms with Crippen molar-refractivity contribution in [2.24, 2.45) is 0 Å². The second-order valence-electron chi connectivity index (χ2n) is 15.3. The Morgan fingerprint density at radius 1 is 0.582 bits per heavy atom. The maximum Gasteiger partial charge on any atom is 0.306 e. The van der Waals surface area contributed by atoms with Crippen molar-refractivity contribution in [3.63, 3.8) is 0 Å². The zero-order valence-corrected chi connectivity index (χ0v) is 36.7. The van der Waals surface area contributed by atoms with Crippen LogP contribution in [0.4, 0.5) is 0 Å². The molecule has 2 atom stereocenters. The molecule has 0 fully saturated rings. The van der Waals surface area contributed by atoms with E-state index in [0.717, 1.165) is 51.4 Å². The SMILES string of the molecule is CC/C=C/C/C=C/C/C=C/C/C=C/C/C=C/C/C=C/CCC(=O)O[C@H](COCCCCCCCCCCCCCCCC)COP(=O)([O-])OCC[N+](C)(C)C. The van der Waals surface area contributed by atoms with E-state index in [1.807, 2.05) is 33.3 Å². The number of unbranched alkanes of at least 4 members (excludes halogenated alkanes) is 13. The van der Waals surface area contributed by atoms with Gasteiger partial charge in [-0.1, -0.05) is 170 Å². The Morgan fingerprint density at radius 3 is 1.47 bits per heavy atom. The van der Waals surface area contributed by atoms with Gasteiger partial charge < -0.3 is 27.9 Å². The standard InChI is InChI=1S/C46H82NO7P/c1-6-8-10-12-14-16-18-20-22-23-24-25-26-27-29-31-33-35-37-39-46(48)54-45(44-53-55(49,50)52-42-40-47(3,4)5)43-51-41-38-36-34-32-30-28-21-19-17-15-13-11-9-7-2/h8,10,14,16,20,22,24-25,27,29,33,35,45H,6-7,9,11-13,15,17-19,21,23,26,28,30-32,34,36-44H2,1-5H3/b10-8+,16-14+,22-20+,25-24+,29-27+,35-33+/t45-/m1/s1. The molecule has 8 nitrogen and oxygen atoms in total. The van der Waals surface area contributed by atoms with Gasteiger partial charge in [0, 0.05) is 13.0 Å². The van der Waals surface area contributed by atoms with Crippen molar-refractivity contribution in [1.82, 2.24) is 0 Å². The van der Waals surface area contributed by atoms with Crippen LogP contribution in [0.25, 0.3) is 0 Å². The molecule has 0 aromatic carbocycles. The van der Waals surface area contributed by atoms with E-state index in [-0.39, 0.29) is 26.2 Å². The van der Waals surface area contributed by atoms with Gasteiger partial charge in [-0.05, 0) is 51.4 Å². The minimum absolute atomic E-state index is 0.0102. The van der Waals surface area contributed by atoms with E-state index in [1.54, 1.807) is 0 Å². The van der Waals surface area contributed by atoms with Crippen LogP contribution in [0.15, 0.2) is 72.9 Å². The number of hydrogen-bond acceptors (Lipinski definition) is 7. The molecule has 0 saturated carbocycles. The molecule has 0 amide bonds. The maximum atomic E-state index is 12.6. The molecule has 9 heteroatoms. The van der Waals surface area contributed by atoms with Gasteiger partial charge in [-0.25, -0.2) is 0 Å². The van der Waals surface area contributed by atoms with Crippen LogP contribution in [-0.2, 0) is 27.9 Å². The molecule has 0 spiro atoms. The van der Waals surface area contributed by atoms with Gasteiger partial charge in [0.2, 0.25) is 0 Å². The summed E-state index contributed by atoms with van der Waals surface area (Å²) in [6, 6.07) is 0. The Morgan fingerprint density at radius 2 is 1.02 bits per heavy atom. The highest BCUT2D eigenvalue weighted by Gasteiger charge is 2.20. The van der Waals surface area contributed by atoms with Gasteiger partial charge in [-0.2, -0.15) is 0 Å². The molecule has 0 aromatic rings. The molecule has 0 aliphatic rings. The fraction of sp³-hybridized carbons (Fsp3) is 0.717. The molecule has 0 aliphatic heterocycles. The van der Waals surface area contributed by atoms with E-state index in [4.69, 9.17) is 18.5 Å². The average Bonchev–Trinajstić information content (AvgIpc) is 3.13. The number of phosphoric acid groups is 1. The van der Waals surface area contributed by atoms with Crippen molar-refractivity contribution < 1.29 is 37.3 Å². The third-order valence-corrected chi connectivity index (χ3v) is 9.75. The van der Waals surface area contributed by atoms with Crippen LogP contribution < -0.4 is 4.89 Å². The number of quaternary nitrogens is 1. The van der Waals surface area contributed by atoms with Gasteiger partial charge in [0.15, 0.2) is 0 Å². The molecule has 0 rings (SSSR count). The topological polar surface area (TPSA) is 94.1 Å². The fourth-order valence-corrected chi connectivity index (χ4v) is 6.18. The second-order valence-corrected chi connectivity index (χ2v) is 16.7. The van der Waals surface area contributed by atoms with E-state index in [2.05, 4.69) is 74.6 Å². The van der Waals surface area contributed by atoms with Gasteiger partial charge in [0.1, 0.15) is 19.3 Å². The third kappa shape index (κ3) is 42.9. The number of rotatable bonds is 39. The molecular formula is C46H82NO7P. The van der Waals surface area contributed by atoms with Gasteiger partial charge in [0.05, 0.1) is 34.4 Å². The van der Waals surface area contributed by atoms with E-state index >= 15 is 0 Å². The summed E-state index contributed by atoms with van der Waals surface area (Å²) in [5, 5.41) is 0. The molecule has 0 heterocycles. The second kappa shape index (κ2) is 38.8. The summed E-state index contributed by atoms with van der Waals surface area (Å²) >= 11 is 0. The molecule has 318 valence electrons. The highest BCUT2D eigenvalue weighted by molar-refractivity contribution is 7.45. The number of esters is 1. The Hall–Kier alpha value is -2.06. The molecule has 1 unspecified atom stereocenters. The van der Waals surface area contributed by atoms with Crippen LogP contribution in [0.3, 0.4) is 0 Å². The Balaban J connectivity index is 4.39. The van der Waals surface area contributed by atoms with E-state index in [9.17, 15) is 14.3 Å². The molecule has 0 N–H and O–H groups in total. The summed E-state index contributed by atoms with van der Waals surface area (Å²) in [6.07, 6.45) is 49.3. The Labute approximate surface area is 338 Å². The van der Waals surface area contributed by atoms with Crippen molar-refractivity contribution in [1.29, 1.82) is 0 Å². The highest BCUT2D eigenvalue weighted by atomic mass is 31.2. The smallest absolute Gasteiger partial charge is 0.306 e. The normalized spacial score (nSPS) is 14.5. The summed E-state index contributed by atoms with van der Waals surface area (Å²) in [6.45, 7) is 5.19. The molecule has 0 aromatic heterocycles. The van der Waals surface area contributed by atoms with Crippen molar-refractivity contribution in [3.05, 3.63) is 72.9 Å². The molecule has 0 bridgehead atoms. The lowest BCUT2D eigenvalue weighted by Crippen LogP contribution is -2.37. The number of carbonyl (C=O) groups is 1. The van der Waals surface area contributed by atoms with Gasteiger partial charge in [-0.3, -0.25) is 9.36 Å². The first-order valence-corrected chi connectivity index (χ1v) is 23.1. The monoisotopic (exact) mass is 792 g/mol. The third-order valence-electron chi connectivity index (χ3n) is 8.79. The summed E-state index contributed by atoms with van der Waals surface area (Å²) in [5.41, 5.74) is 0. The number of nitrogens with zero attached hydrogens (tertiary/aromatic N) is 1. The van der Waals surface area contributed by atoms with Crippen molar-refractivity contribution in [3.8, 4) is 0 Å². The first-order chi connectivity index (χ1) is 26.6. The molecule has 0 saturated heterocycles. The predicted octanol–water partition coefficient (Wildman–Crippen LogP) is 12.1. The van der Waals surface area contributed by atoms with E-state index < -0.39 is 19.9 Å². The quantitative estimate of drug-likeness (QED) is 0.0201. The van der Waals surface area contributed by atoms with Crippen LogP contribution in [0.5, 0.6) is 0 Å². The predicted molar refractivity (Wildman–Crippen MR) is 231 cm³/mol. The van der Waals surface area contributed by atoms with Crippen LogP contribution in [0.2, 0.25) is 0 Å². The zero-order chi connectivity index (χ0) is 40.6. The van der Waals surface area contributed by atoms with Gasteiger partial charge in [0.25, 0.3) is 7.82 Å². The summed E-state index contributed by atoms with van der Waals surface area (Å²) in [4.78, 5) is 25.0. The summed E-state index contributed by atoms with van der Waals surface area (Å²) < 4.78 is 34.5. The van der Waals surface area contributed by atoms with Crippen molar-refractivity contribution >= 4 is 13.8 Å². The lowest BCUT2D eigenvalue weighted by Gasteiger charge is -2.28. The number of carbonyl (C=O) groups excluding carboxylic acids is 1. The summed E-state index contributed by atoms with van der Waals surface area (Å²) in [5.74, 6) is -0.417. The maximum absolute atomic E-state index is 12.6. The van der Waals surface area contributed by atoms with Crippen LogP contribution in [0, 0.1) is 0 Å². The number of ether oxygens (including phenoxy) is 2. The van der Waals surface area contributed by atoms with Gasteiger partial charge >= 0.3 is 5.97 Å². The lowest BCUT2D eigenvalue weighted by molar-refractivity contribution is -0.870. The first kappa shape index (κ1) is 52.9. The molecular weight excluding hydrogens is 709 g/mol. The van der Waals surface area contributed by atoms with E-state index in [1.165, 1.54) is 77.0 Å². The highest BCUT2D eigenvalue weighted by Crippen LogP contribution is 2.38. The minimum Gasteiger partial charge on any atom is -0.756 e. The molecule has 0 aliphatic carbocycles. The lowest BCUT2D eigenvalue weighted by atomic mass is 10.0. The van der Waals surface area contributed by atoms with Crippen molar-refractivity contribution in [2.75, 3.05) is 54.1 Å². The van der Waals surface area contributed by atoms with Crippen LogP contribution in [-0.4, -0.2) is 70.7 Å². The number of likely N-dealkylation sites (N-methyl/N-ethyl adjacent to an activating group) is 1. The Kier molecular flexibility index (Phi) is 37.3.